The van der Waals surface area contributed by atoms with Gasteiger partial charge in [-0.2, -0.15) is 0 Å². The Morgan fingerprint density at radius 1 is 1.16 bits per heavy atom. The number of carboxylic acid groups (broad SMARTS) is 1. The van der Waals surface area contributed by atoms with Crippen LogP contribution in [0.15, 0.2) is 35.5 Å². The highest BCUT2D eigenvalue weighted by Gasteiger charge is 2.40. The van der Waals surface area contributed by atoms with E-state index in [1.807, 2.05) is 7.05 Å². The quantitative estimate of drug-likeness (QED) is 0.242. The molecule has 14 heteroatoms. The van der Waals surface area contributed by atoms with Crippen molar-refractivity contribution >= 4 is 50.3 Å². The van der Waals surface area contributed by atoms with Crippen LogP contribution in [0.5, 0.6) is 0 Å². The van der Waals surface area contributed by atoms with E-state index in [9.17, 15) is 19.1 Å². The lowest BCUT2D eigenvalue weighted by Gasteiger charge is -2.33. The molecule has 6 heterocycles. The van der Waals surface area contributed by atoms with Crippen LogP contribution < -0.4 is 21.1 Å². The predicted octanol–water partition coefficient (Wildman–Crippen LogP) is 2.80. The first-order valence-corrected chi connectivity index (χ1v) is 13.8. The minimum absolute atomic E-state index is 0.0484. The maximum atomic E-state index is 15.7. The van der Waals surface area contributed by atoms with Gasteiger partial charge in [-0.3, -0.25) is 9.69 Å². The van der Waals surface area contributed by atoms with Crippen molar-refractivity contribution < 1.29 is 23.4 Å². The number of anilines is 2. The molecule has 2 aliphatic rings. The molecular formula is C29H28F2N8O4. The summed E-state index contributed by atoms with van der Waals surface area (Å²) in [5.74, 6) is -3.39. The van der Waals surface area contributed by atoms with Crippen molar-refractivity contribution in [2.24, 2.45) is 0 Å². The number of hydrogen-bond donors (Lipinski definition) is 4. The van der Waals surface area contributed by atoms with E-state index in [4.69, 9.17) is 4.74 Å². The zero-order valence-electron chi connectivity index (χ0n) is 23.5. The highest BCUT2D eigenvalue weighted by Crippen LogP contribution is 2.44. The molecule has 4 N–H and O–H groups in total. The fourth-order valence-corrected chi connectivity index (χ4v) is 6.40. The summed E-state index contributed by atoms with van der Waals surface area (Å²) in [7, 11) is 5.24. The van der Waals surface area contributed by atoms with Gasteiger partial charge < -0.3 is 30.5 Å². The second-order valence-electron chi connectivity index (χ2n) is 10.8. The summed E-state index contributed by atoms with van der Waals surface area (Å²) in [6.45, 7) is 2.39. The molecule has 0 amide bonds. The van der Waals surface area contributed by atoms with Gasteiger partial charge >= 0.3 is 5.97 Å². The van der Waals surface area contributed by atoms with Gasteiger partial charge in [0, 0.05) is 69.5 Å². The van der Waals surface area contributed by atoms with Crippen molar-refractivity contribution in [2.75, 3.05) is 63.0 Å². The number of aromatic nitrogens is 4. The fourth-order valence-electron chi connectivity index (χ4n) is 6.40. The largest absolute Gasteiger partial charge is 0.477 e. The number of halogens is 2. The van der Waals surface area contributed by atoms with Crippen molar-refractivity contribution in [1.82, 2.24) is 24.5 Å². The Balaban J connectivity index is 1.54. The molecule has 2 atom stereocenters. The number of carboxylic acids is 1. The van der Waals surface area contributed by atoms with Gasteiger partial charge in [0.1, 0.15) is 11.2 Å². The topological polar surface area (TPSA) is 141 Å². The number of ether oxygens (including phenoxy) is 1. The molecule has 1 aromatic carbocycles. The Morgan fingerprint density at radius 2 is 1.98 bits per heavy atom. The Morgan fingerprint density at radius 3 is 2.70 bits per heavy atom. The third kappa shape index (κ3) is 4.01. The van der Waals surface area contributed by atoms with E-state index in [0.29, 0.717) is 58.7 Å². The van der Waals surface area contributed by atoms with Crippen molar-refractivity contribution in [3.05, 3.63) is 58.1 Å². The molecule has 12 nitrogen and oxygen atoms in total. The molecule has 0 radical (unpaired) electrons. The third-order valence-electron chi connectivity index (χ3n) is 8.55. The summed E-state index contributed by atoms with van der Waals surface area (Å²) in [6, 6.07) is 2.73. The van der Waals surface area contributed by atoms with E-state index >= 15 is 4.39 Å². The lowest BCUT2D eigenvalue weighted by Crippen LogP contribution is -2.48. The second-order valence-corrected chi connectivity index (χ2v) is 10.8. The number of H-pyrrole nitrogens is 1. The van der Waals surface area contributed by atoms with Gasteiger partial charge in [0.05, 0.1) is 51.8 Å². The maximum Gasteiger partial charge on any atom is 0.341 e. The van der Waals surface area contributed by atoms with Gasteiger partial charge in [-0.05, 0) is 13.1 Å². The molecule has 0 bridgehead atoms. The van der Waals surface area contributed by atoms with E-state index in [-0.39, 0.29) is 28.6 Å². The van der Waals surface area contributed by atoms with E-state index in [0.717, 1.165) is 12.6 Å². The lowest BCUT2D eigenvalue weighted by molar-refractivity contribution is -0.0362. The summed E-state index contributed by atoms with van der Waals surface area (Å²) < 4.78 is 38.1. The Hall–Kier alpha value is -4.82. The normalized spacial score (nSPS) is 19.0. The zero-order valence-corrected chi connectivity index (χ0v) is 23.5. The molecule has 2 unspecified atom stereocenters. The summed E-state index contributed by atoms with van der Waals surface area (Å²) >= 11 is 0. The molecule has 2 aliphatic heterocycles. The minimum Gasteiger partial charge on any atom is -0.477 e. The van der Waals surface area contributed by atoms with Crippen LogP contribution in [-0.2, 0) is 4.74 Å². The number of nitrogens with zero attached hydrogens (tertiary/aromatic N) is 5. The Kier molecular flexibility index (Phi) is 6.21. The van der Waals surface area contributed by atoms with Crippen LogP contribution in [0, 0.1) is 11.6 Å². The van der Waals surface area contributed by atoms with Crippen LogP contribution in [0.3, 0.4) is 0 Å². The molecule has 222 valence electrons. The maximum absolute atomic E-state index is 15.7. The van der Waals surface area contributed by atoms with Gasteiger partial charge in [-0.25, -0.2) is 28.2 Å². The summed E-state index contributed by atoms with van der Waals surface area (Å²) in [4.78, 5) is 41.7. The molecule has 43 heavy (non-hydrogen) atoms. The smallest absolute Gasteiger partial charge is 0.341 e. The van der Waals surface area contributed by atoms with Gasteiger partial charge in [0.25, 0.3) is 0 Å². The number of aromatic carboxylic acids is 1. The Bertz CT molecular complexity index is 2030. The monoisotopic (exact) mass is 590 g/mol. The van der Waals surface area contributed by atoms with E-state index in [1.54, 1.807) is 32.6 Å². The van der Waals surface area contributed by atoms with Crippen LogP contribution in [0.1, 0.15) is 10.4 Å². The summed E-state index contributed by atoms with van der Waals surface area (Å²) in [5, 5.41) is 13.1. The second kappa shape index (κ2) is 9.88. The van der Waals surface area contributed by atoms with Crippen molar-refractivity contribution in [3.63, 3.8) is 0 Å². The molecule has 4 aromatic heterocycles. The van der Waals surface area contributed by atoms with Gasteiger partial charge in [-0.1, -0.05) is 0 Å². The fraction of sp³-hybridized carbons (Fsp3) is 0.310. The van der Waals surface area contributed by atoms with Gasteiger partial charge in [0.15, 0.2) is 17.3 Å². The number of hydrogen-bond acceptors (Lipinski definition) is 9. The number of benzene rings is 1. The number of rotatable bonds is 5. The molecule has 0 aliphatic carbocycles. The first-order chi connectivity index (χ1) is 20.7. The number of nitrogens with one attached hydrogen (secondary N) is 3. The predicted molar refractivity (Wildman–Crippen MR) is 159 cm³/mol. The van der Waals surface area contributed by atoms with Crippen molar-refractivity contribution in [2.45, 2.75) is 12.1 Å². The number of aromatic amines is 1. The molecule has 0 saturated carbocycles. The standard InChI is InChI=1S/C29H28F2N8O4/c1-32-18-7-17(30)23(31)21-22-25(38-11-19-20(12-38)43-5-4-37(19)3)15(9-34-27(22)36-24(18)21)13-6-14-26(40)16(29(41)42)10-39(33-2)28(14)35-8-13/h6-10,19-20,32-33H,4-5,11-12H2,1-3H3,(H,34,36)(H,41,42). The lowest BCUT2D eigenvalue weighted by atomic mass is 10.0. The van der Waals surface area contributed by atoms with Crippen LogP contribution in [0.25, 0.3) is 44.1 Å². The average Bonchev–Trinajstić information content (AvgIpc) is 3.61. The molecule has 5 aromatic rings. The van der Waals surface area contributed by atoms with Crippen molar-refractivity contribution in [3.8, 4) is 11.1 Å². The first-order valence-electron chi connectivity index (χ1n) is 13.8. The first kappa shape index (κ1) is 27.0. The SMILES string of the molecule is CNc1cc(F)c(F)c2c1[nH]c1ncc(-c3cnc4c(c3)c(=O)c(C(=O)O)cn4NC)c(N3CC4OCCN(C)C4C3)c12. The van der Waals surface area contributed by atoms with Crippen LogP contribution in [0.2, 0.25) is 0 Å². The molecule has 7 rings (SSSR count). The van der Waals surface area contributed by atoms with E-state index in [2.05, 4.69) is 35.5 Å². The molecular weight excluding hydrogens is 562 g/mol. The highest BCUT2D eigenvalue weighted by atomic mass is 19.2. The number of morpholine rings is 1. The summed E-state index contributed by atoms with van der Waals surface area (Å²) in [5.41, 5.74) is 4.61. The van der Waals surface area contributed by atoms with Crippen molar-refractivity contribution in [1.29, 1.82) is 0 Å². The Labute approximate surface area is 242 Å². The number of fused-ring (bicyclic) bond motifs is 5. The zero-order chi connectivity index (χ0) is 30.2. The molecule has 2 fully saturated rings. The number of carbonyl (C=O) groups is 1. The van der Waals surface area contributed by atoms with E-state index in [1.165, 1.54) is 10.9 Å². The van der Waals surface area contributed by atoms with Gasteiger partial charge in [-0.15, -0.1) is 0 Å². The number of likely N-dealkylation sites (N-methyl/N-ethyl adjacent to an activating group) is 1. The highest BCUT2D eigenvalue weighted by molar-refractivity contribution is 6.18. The average molecular weight is 591 g/mol. The van der Waals surface area contributed by atoms with Crippen LogP contribution in [0.4, 0.5) is 20.2 Å². The third-order valence-corrected chi connectivity index (χ3v) is 8.55. The molecule has 0 spiro atoms. The van der Waals surface area contributed by atoms with Crippen LogP contribution >= 0.6 is 0 Å². The van der Waals surface area contributed by atoms with Gasteiger partial charge in [0.2, 0.25) is 5.43 Å². The molecule has 2 saturated heterocycles. The minimum atomic E-state index is -1.37. The van der Waals surface area contributed by atoms with E-state index < -0.39 is 28.6 Å². The number of pyridine rings is 3. The van der Waals surface area contributed by atoms with Crippen LogP contribution in [-0.4, -0.2) is 95.1 Å². The summed E-state index contributed by atoms with van der Waals surface area (Å²) in [6.07, 6.45) is 4.24.